The molecule has 0 radical (unpaired) electrons. The van der Waals surface area contributed by atoms with E-state index in [2.05, 4.69) is 35.6 Å². The second-order valence-corrected chi connectivity index (χ2v) is 6.73. The molecule has 0 aliphatic rings. The standard InChI is InChI=1S/C17H23NO2S/c1-18-17(13-21(19)11-5-10-20-2)16-9-8-14-6-3-4-7-15(14)12-16/h3-4,6-9,12,17-18H,5,10-11,13H2,1-2H3. The van der Waals surface area contributed by atoms with E-state index < -0.39 is 10.8 Å². The molecule has 114 valence electrons. The maximum atomic E-state index is 12.1. The summed E-state index contributed by atoms with van der Waals surface area (Å²) in [5.74, 6) is 1.33. The third kappa shape index (κ3) is 4.63. The minimum atomic E-state index is -0.828. The number of hydrogen-bond donors (Lipinski definition) is 1. The Balaban J connectivity index is 2.06. The first kappa shape index (κ1) is 16.1. The normalized spacial score (nSPS) is 14.2. The molecule has 0 aromatic heterocycles. The van der Waals surface area contributed by atoms with Gasteiger partial charge in [0.1, 0.15) is 0 Å². The van der Waals surface area contributed by atoms with Gasteiger partial charge in [0.15, 0.2) is 0 Å². The first-order chi connectivity index (χ1) is 10.2. The monoisotopic (exact) mass is 305 g/mol. The molecule has 1 N–H and O–H groups in total. The van der Waals surface area contributed by atoms with Crippen LogP contribution < -0.4 is 5.32 Å². The second kappa shape index (κ2) is 8.27. The zero-order chi connectivity index (χ0) is 15.1. The van der Waals surface area contributed by atoms with E-state index in [-0.39, 0.29) is 6.04 Å². The minimum absolute atomic E-state index is 0.123. The van der Waals surface area contributed by atoms with E-state index >= 15 is 0 Å². The van der Waals surface area contributed by atoms with Gasteiger partial charge in [0, 0.05) is 42.1 Å². The third-order valence-electron chi connectivity index (χ3n) is 3.60. The van der Waals surface area contributed by atoms with Gasteiger partial charge in [-0.3, -0.25) is 4.21 Å². The molecular formula is C17H23NO2S. The number of benzene rings is 2. The summed E-state index contributed by atoms with van der Waals surface area (Å²) in [6.45, 7) is 0.673. The Morgan fingerprint density at radius 3 is 2.67 bits per heavy atom. The van der Waals surface area contributed by atoms with Crippen molar-refractivity contribution in [3.05, 3.63) is 48.0 Å². The first-order valence-electron chi connectivity index (χ1n) is 7.24. The van der Waals surface area contributed by atoms with Crippen LogP contribution in [0.4, 0.5) is 0 Å². The van der Waals surface area contributed by atoms with Crippen LogP contribution in [0.15, 0.2) is 42.5 Å². The zero-order valence-corrected chi connectivity index (χ0v) is 13.5. The van der Waals surface area contributed by atoms with Crippen molar-refractivity contribution in [2.75, 3.05) is 32.3 Å². The van der Waals surface area contributed by atoms with E-state index in [9.17, 15) is 4.21 Å². The van der Waals surface area contributed by atoms with Crippen LogP contribution >= 0.6 is 0 Å². The van der Waals surface area contributed by atoms with E-state index in [1.165, 1.54) is 16.3 Å². The number of ether oxygens (including phenoxy) is 1. The van der Waals surface area contributed by atoms with Crippen molar-refractivity contribution in [2.45, 2.75) is 12.5 Å². The SMILES string of the molecule is CNC(CS(=O)CCCOC)c1ccc2ccccc2c1. The molecule has 2 rings (SSSR count). The van der Waals surface area contributed by atoms with Crippen LogP contribution in [0.3, 0.4) is 0 Å². The quantitative estimate of drug-likeness (QED) is 0.762. The van der Waals surface area contributed by atoms with Crippen molar-refractivity contribution in [1.29, 1.82) is 0 Å². The van der Waals surface area contributed by atoms with E-state index in [0.717, 1.165) is 6.42 Å². The average molecular weight is 305 g/mol. The summed E-state index contributed by atoms with van der Waals surface area (Å²) in [4.78, 5) is 0. The van der Waals surface area contributed by atoms with Gasteiger partial charge in [0.05, 0.1) is 0 Å². The maximum Gasteiger partial charge on any atom is 0.0471 e. The number of nitrogens with one attached hydrogen (secondary N) is 1. The number of methoxy groups -OCH3 is 1. The summed E-state index contributed by atoms with van der Waals surface area (Å²) in [6.07, 6.45) is 0.845. The fraction of sp³-hybridized carbons (Fsp3) is 0.412. The second-order valence-electron chi connectivity index (χ2n) is 5.10. The summed E-state index contributed by atoms with van der Waals surface area (Å²) < 4.78 is 17.1. The molecule has 21 heavy (non-hydrogen) atoms. The lowest BCUT2D eigenvalue weighted by Gasteiger charge is -2.17. The summed E-state index contributed by atoms with van der Waals surface area (Å²) in [7, 11) is 2.77. The lowest BCUT2D eigenvalue weighted by molar-refractivity contribution is 0.200. The molecule has 2 unspecified atom stereocenters. The van der Waals surface area contributed by atoms with Gasteiger partial charge >= 0.3 is 0 Å². The van der Waals surface area contributed by atoms with Crippen LogP contribution in [-0.4, -0.2) is 36.5 Å². The molecule has 0 saturated carbocycles. The van der Waals surface area contributed by atoms with Crippen molar-refractivity contribution in [3.8, 4) is 0 Å². The van der Waals surface area contributed by atoms with Gasteiger partial charge in [0.2, 0.25) is 0 Å². The summed E-state index contributed by atoms with van der Waals surface area (Å²) in [6, 6.07) is 14.9. The first-order valence-corrected chi connectivity index (χ1v) is 8.73. The van der Waals surface area contributed by atoms with Gasteiger partial charge < -0.3 is 10.1 Å². The predicted octanol–water partition coefficient (Wildman–Crippen LogP) is 2.89. The highest BCUT2D eigenvalue weighted by Crippen LogP contribution is 2.21. The smallest absolute Gasteiger partial charge is 0.0471 e. The van der Waals surface area contributed by atoms with E-state index in [0.29, 0.717) is 18.1 Å². The molecule has 0 amide bonds. The molecule has 2 aromatic rings. The average Bonchev–Trinajstić information content (AvgIpc) is 2.52. The molecule has 2 atom stereocenters. The predicted molar refractivity (Wildman–Crippen MR) is 90.1 cm³/mol. The van der Waals surface area contributed by atoms with Gasteiger partial charge in [-0.2, -0.15) is 0 Å². The van der Waals surface area contributed by atoms with Gasteiger partial charge in [-0.1, -0.05) is 36.4 Å². The van der Waals surface area contributed by atoms with Crippen molar-refractivity contribution in [1.82, 2.24) is 5.32 Å². The van der Waals surface area contributed by atoms with Crippen LogP contribution in [0.25, 0.3) is 10.8 Å². The summed E-state index contributed by atoms with van der Waals surface area (Å²) >= 11 is 0. The van der Waals surface area contributed by atoms with Crippen LogP contribution in [0.5, 0.6) is 0 Å². The van der Waals surface area contributed by atoms with Crippen molar-refractivity contribution in [3.63, 3.8) is 0 Å². The number of hydrogen-bond acceptors (Lipinski definition) is 3. The molecule has 4 heteroatoms. The topological polar surface area (TPSA) is 38.3 Å². The lowest BCUT2D eigenvalue weighted by atomic mass is 10.0. The minimum Gasteiger partial charge on any atom is -0.385 e. The molecule has 3 nitrogen and oxygen atoms in total. The summed E-state index contributed by atoms with van der Waals surface area (Å²) in [5.41, 5.74) is 1.19. The van der Waals surface area contributed by atoms with Crippen LogP contribution in [0, 0.1) is 0 Å². The van der Waals surface area contributed by atoms with Gasteiger partial charge in [-0.05, 0) is 35.9 Å². The van der Waals surface area contributed by atoms with E-state index in [1.54, 1.807) is 7.11 Å². The highest BCUT2D eigenvalue weighted by atomic mass is 32.2. The van der Waals surface area contributed by atoms with Crippen molar-refractivity contribution >= 4 is 21.6 Å². The molecule has 0 aliphatic carbocycles. The van der Waals surface area contributed by atoms with Gasteiger partial charge in [0.25, 0.3) is 0 Å². The Kier molecular flexibility index (Phi) is 6.36. The largest absolute Gasteiger partial charge is 0.385 e. The van der Waals surface area contributed by atoms with Crippen molar-refractivity contribution < 1.29 is 8.95 Å². The van der Waals surface area contributed by atoms with Crippen LogP contribution in [0.1, 0.15) is 18.0 Å². The Morgan fingerprint density at radius 2 is 1.95 bits per heavy atom. The number of rotatable bonds is 8. The molecule has 0 heterocycles. The molecule has 0 bridgehead atoms. The van der Waals surface area contributed by atoms with Gasteiger partial charge in [-0.15, -0.1) is 0 Å². The summed E-state index contributed by atoms with van der Waals surface area (Å²) in [5, 5.41) is 5.74. The van der Waals surface area contributed by atoms with E-state index in [4.69, 9.17) is 4.74 Å². The molecule has 0 saturated heterocycles. The maximum absolute atomic E-state index is 12.1. The Morgan fingerprint density at radius 1 is 1.19 bits per heavy atom. The molecule has 0 spiro atoms. The fourth-order valence-electron chi connectivity index (χ4n) is 2.40. The van der Waals surface area contributed by atoms with Crippen LogP contribution in [-0.2, 0) is 15.5 Å². The Hall–Kier alpha value is -1.23. The van der Waals surface area contributed by atoms with E-state index in [1.807, 2.05) is 19.2 Å². The molecule has 0 aliphatic heterocycles. The molecule has 0 fully saturated rings. The van der Waals surface area contributed by atoms with Crippen LogP contribution in [0.2, 0.25) is 0 Å². The van der Waals surface area contributed by atoms with Gasteiger partial charge in [-0.25, -0.2) is 0 Å². The Labute approximate surface area is 129 Å². The lowest BCUT2D eigenvalue weighted by Crippen LogP contribution is -2.23. The third-order valence-corrected chi connectivity index (χ3v) is 5.05. The zero-order valence-electron chi connectivity index (χ0n) is 12.7. The molecule has 2 aromatic carbocycles. The highest BCUT2D eigenvalue weighted by molar-refractivity contribution is 7.85. The molecular weight excluding hydrogens is 282 g/mol. The van der Waals surface area contributed by atoms with Crippen molar-refractivity contribution in [2.24, 2.45) is 0 Å². The fourth-order valence-corrected chi connectivity index (χ4v) is 3.74. The highest BCUT2D eigenvalue weighted by Gasteiger charge is 2.13. The number of fused-ring (bicyclic) bond motifs is 1. The Bertz CT molecular complexity index is 600.